The third-order valence-electron chi connectivity index (χ3n) is 5.20. The molecule has 0 spiro atoms. The molecule has 2 heterocycles. The highest BCUT2D eigenvalue weighted by Crippen LogP contribution is 2.48. The van der Waals surface area contributed by atoms with E-state index in [0.717, 1.165) is 24.1 Å². The Kier molecular flexibility index (Phi) is 4.75. The van der Waals surface area contributed by atoms with Crippen molar-refractivity contribution < 1.29 is 19.4 Å². The van der Waals surface area contributed by atoms with Crippen LogP contribution in [-0.4, -0.2) is 27.9 Å². The molecule has 0 bridgehead atoms. The second kappa shape index (κ2) is 7.35. The van der Waals surface area contributed by atoms with E-state index >= 15 is 0 Å². The molecule has 138 valence electrons. The van der Waals surface area contributed by atoms with E-state index in [0.29, 0.717) is 12.8 Å². The van der Waals surface area contributed by atoms with E-state index in [-0.39, 0.29) is 17.4 Å². The van der Waals surface area contributed by atoms with Crippen LogP contribution in [-0.2, 0) is 20.7 Å². The van der Waals surface area contributed by atoms with E-state index in [1.807, 2.05) is 48.5 Å². The zero-order valence-corrected chi connectivity index (χ0v) is 14.9. The molecule has 2 unspecified atom stereocenters. The van der Waals surface area contributed by atoms with Gasteiger partial charge in [-0.05, 0) is 49.3 Å². The maximum atomic E-state index is 12.7. The van der Waals surface area contributed by atoms with E-state index in [1.54, 1.807) is 6.20 Å². The summed E-state index contributed by atoms with van der Waals surface area (Å²) in [7, 11) is 0. The molecule has 1 aromatic carbocycles. The molecule has 4 rings (SSSR count). The van der Waals surface area contributed by atoms with Crippen molar-refractivity contribution in [3.8, 4) is 0 Å². The number of ether oxygens (including phenoxy) is 1. The maximum Gasteiger partial charge on any atom is 0.339 e. The summed E-state index contributed by atoms with van der Waals surface area (Å²) < 4.78 is 5.45. The third kappa shape index (κ3) is 3.63. The van der Waals surface area contributed by atoms with Gasteiger partial charge in [0.05, 0.1) is 5.57 Å². The number of cyclic esters (lactones) is 1. The SMILES string of the molecule is O=C1OC(CCc2ccccn2)C(=O)C(O)=C1C(c1ccccc1)C1CC1. The van der Waals surface area contributed by atoms with Gasteiger partial charge in [0.2, 0.25) is 5.78 Å². The molecule has 1 aliphatic heterocycles. The fourth-order valence-electron chi connectivity index (χ4n) is 3.68. The number of aliphatic hydroxyl groups excluding tert-OH is 1. The van der Waals surface area contributed by atoms with Gasteiger partial charge in [-0.3, -0.25) is 9.78 Å². The number of pyridine rings is 1. The molecule has 2 aromatic rings. The van der Waals surface area contributed by atoms with Gasteiger partial charge in [0.25, 0.3) is 0 Å². The predicted octanol–water partition coefficient (Wildman–Crippen LogP) is 3.51. The molecule has 5 heteroatoms. The number of aliphatic hydroxyl groups is 1. The van der Waals surface area contributed by atoms with E-state index in [2.05, 4.69) is 4.98 Å². The highest BCUT2D eigenvalue weighted by molar-refractivity contribution is 6.09. The first-order chi connectivity index (χ1) is 13.1. The Morgan fingerprint density at radius 3 is 2.48 bits per heavy atom. The number of hydrogen-bond acceptors (Lipinski definition) is 5. The van der Waals surface area contributed by atoms with Gasteiger partial charge < -0.3 is 9.84 Å². The zero-order valence-electron chi connectivity index (χ0n) is 14.9. The topological polar surface area (TPSA) is 76.5 Å². The highest BCUT2D eigenvalue weighted by atomic mass is 16.6. The van der Waals surface area contributed by atoms with Crippen LogP contribution in [0, 0.1) is 5.92 Å². The van der Waals surface area contributed by atoms with Crippen molar-refractivity contribution in [1.82, 2.24) is 4.98 Å². The van der Waals surface area contributed by atoms with Crippen molar-refractivity contribution in [2.24, 2.45) is 5.92 Å². The van der Waals surface area contributed by atoms with Gasteiger partial charge in [0.1, 0.15) is 0 Å². The Balaban J connectivity index is 1.58. The van der Waals surface area contributed by atoms with E-state index in [1.165, 1.54) is 0 Å². The molecule has 1 fully saturated rings. The van der Waals surface area contributed by atoms with Crippen LogP contribution in [0.3, 0.4) is 0 Å². The number of carbonyl (C=O) groups is 2. The van der Waals surface area contributed by atoms with Gasteiger partial charge >= 0.3 is 5.97 Å². The summed E-state index contributed by atoms with van der Waals surface area (Å²) in [5, 5.41) is 10.6. The van der Waals surface area contributed by atoms with E-state index < -0.39 is 23.6 Å². The van der Waals surface area contributed by atoms with E-state index in [4.69, 9.17) is 4.74 Å². The first-order valence-corrected chi connectivity index (χ1v) is 9.28. The van der Waals surface area contributed by atoms with Gasteiger partial charge in [0, 0.05) is 17.8 Å². The van der Waals surface area contributed by atoms with Gasteiger partial charge in [-0.15, -0.1) is 0 Å². The number of rotatable bonds is 6. The van der Waals surface area contributed by atoms with Crippen molar-refractivity contribution in [3.05, 3.63) is 77.3 Å². The van der Waals surface area contributed by atoms with Crippen molar-refractivity contribution in [3.63, 3.8) is 0 Å². The van der Waals surface area contributed by atoms with Crippen LogP contribution < -0.4 is 0 Å². The monoisotopic (exact) mass is 363 g/mol. The molecule has 0 amide bonds. The molecule has 2 atom stereocenters. The Labute approximate surface area is 157 Å². The maximum absolute atomic E-state index is 12.7. The Morgan fingerprint density at radius 1 is 1.07 bits per heavy atom. The number of ketones is 1. The average Bonchev–Trinajstić information content (AvgIpc) is 3.53. The Hall–Kier alpha value is -2.95. The van der Waals surface area contributed by atoms with Crippen LogP contribution in [0.2, 0.25) is 0 Å². The number of aromatic nitrogens is 1. The third-order valence-corrected chi connectivity index (χ3v) is 5.20. The van der Waals surface area contributed by atoms with Crippen LogP contribution in [0.4, 0.5) is 0 Å². The first kappa shape index (κ1) is 17.5. The highest BCUT2D eigenvalue weighted by Gasteiger charge is 2.45. The Bertz CT molecular complexity index is 872. The van der Waals surface area contributed by atoms with Gasteiger partial charge in [-0.2, -0.15) is 0 Å². The van der Waals surface area contributed by atoms with Crippen LogP contribution in [0.15, 0.2) is 66.1 Å². The van der Waals surface area contributed by atoms with Crippen molar-refractivity contribution in [1.29, 1.82) is 0 Å². The summed E-state index contributed by atoms with van der Waals surface area (Å²) in [5.74, 6) is -1.56. The van der Waals surface area contributed by atoms with Gasteiger partial charge in [0.15, 0.2) is 11.9 Å². The summed E-state index contributed by atoms with van der Waals surface area (Å²) in [6, 6.07) is 15.1. The van der Waals surface area contributed by atoms with Crippen LogP contribution in [0.1, 0.15) is 36.4 Å². The number of esters is 1. The number of hydrogen-bond donors (Lipinski definition) is 1. The molecule has 2 aliphatic rings. The minimum Gasteiger partial charge on any atom is -0.504 e. The molecule has 1 N–H and O–H groups in total. The number of benzene rings is 1. The number of aryl methyl sites for hydroxylation is 1. The molecule has 0 radical (unpaired) electrons. The minimum absolute atomic E-state index is 0.114. The second-order valence-electron chi connectivity index (χ2n) is 7.11. The average molecular weight is 363 g/mol. The lowest BCUT2D eigenvalue weighted by atomic mass is 9.83. The lowest BCUT2D eigenvalue weighted by molar-refractivity contribution is -0.155. The van der Waals surface area contributed by atoms with Crippen molar-refractivity contribution in [2.75, 3.05) is 0 Å². The molecule has 1 aromatic heterocycles. The summed E-state index contributed by atoms with van der Waals surface area (Å²) in [5.41, 5.74) is 1.86. The molecular formula is C22H21NO4. The van der Waals surface area contributed by atoms with Crippen LogP contribution in [0.5, 0.6) is 0 Å². The predicted molar refractivity (Wildman–Crippen MR) is 99.0 cm³/mol. The number of Topliss-reactive ketones (excluding diaryl/α,β-unsaturated/α-hetero) is 1. The fourth-order valence-corrected chi connectivity index (χ4v) is 3.68. The summed E-state index contributed by atoms with van der Waals surface area (Å²) >= 11 is 0. The van der Waals surface area contributed by atoms with Gasteiger partial charge in [-0.25, -0.2) is 4.79 Å². The molecule has 1 aliphatic carbocycles. The minimum atomic E-state index is -0.959. The standard InChI is InChI=1S/C22H21NO4/c24-20-17(12-11-16-8-4-5-13-23-16)27-22(26)19(21(20)25)18(15-9-10-15)14-6-2-1-3-7-14/h1-8,13,15,17-18,25H,9-12H2. The zero-order chi connectivity index (χ0) is 18.8. The summed E-state index contributed by atoms with van der Waals surface area (Å²) in [6.45, 7) is 0. The summed E-state index contributed by atoms with van der Waals surface area (Å²) in [4.78, 5) is 29.6. The summed E-state index contributed by atoms with van der Waals surface area (Å²) in [6.07, 6.45) is 3.47. The largest absolute Gasteiger partial charge is 0.504 e. The molecule has 0 saturated heterocycles. The van der Waals surface area contributed by atoms with Crippen LogP contribution in [0.25, 0.3) is 0 Å². The molecule has 27 heavy (non-hydrogen) atoms. The quantitative estimate of drug-likeness (QED) is 0.795. The first-order valence-electron chi connectivity index (χ1n) is 9.28. The molecule has 1 saturated carbocycles. The smallest absolute Gasteiger partial charge is 0.339 e. The lowest BCUT2D eigenvalue weighted by Crippen LogP contribution is -2.38. The number of carbonyl (C=O) groups excluding carboxylic acids is 2. The number of nitrogens with zero attached hydrogens (tertiary/aromatic N) is 1. The second-order valence-corrected chi connectivity index (χ2v) is 7.11. The normalized spacial score (nSPS) is 21.1. The lowest BCUT2D eigenvalue weighted by Gasteiger charge is -2.27. The fraction of sp³-hybridized carbons (Fsp3) is 0.318. The van der Waals surface area contributed by atoms with Crippen molar-refractivity contribution >= 4 is 11.8 Å². The van der Waals surface area contributed by atoms with Gasteiger partial charge in [-0.1, -0.05) is 36.4 Å². The van der Waals surface area contributed by atoms with Crippen LogP contribution >= 0.6 is 0 Å². The molecular weight excluding hydrogens is 342 g/mol. The van der Waals surface area contributed by atoms with Crippen molar-refractivity contribution in [2.45, 2.75) is 37.7 Å². The van der Waals surface area contributed by atoms with E-state index in [9.17, 15) is 14.7 Å². The molecule has 5 nitrogen and oxygen atoms in total. The Morgan fingerprint density at radius 2 is 1.81 bits per heavy atom.